The van der Waals surface area contributed by atoms with E-state index in [2.05, 4.69) is 16.0 Å². The van der Waals surface area contributed by atoms with Crippen LogP contribution in [0, 0.1) is 11.3 Å². The van der Waals surface area contributed by atoms with Gasteiger partial charge in [-0.05, 0) is 50.3 Å². The van der Waals surface area contributed by atoms with Crippen molar-refractivity contribution < 1.29 is 23.1 Å². The summed E-state index contributed by atoms with van der Waals surface area (Å²) in [6.45, 7) is 3.72. The Labute approximate surface area is 218 Å². The molecule has 8 nitrogen and oxygen atoms in total. The third-order valence-corrected chi connectivity index (χ3v) is 7.35. The molecule has 0 radical (unpaired) electrons. The van der Waals surface area contributed by atoms with Crippen molar-refractivity contribution in [2.45, 2.75) is 63.5 Å². The van der Waals surface area contributed by atoms with Gasteiger partial charge in [-0.1, -0.05) is 12.1 Å². The van der Waals surface area contributed by atoms with Crippen molar-refractivity contribution >= 4 is 22.6 Å². The number of nitrogens with zero attached hydrogens (tertiary/aromatic N) is 6. The molecule has 0 amide bonds. The number of benzene rings is 1. The normalized spacial score (nSPS) is 17.9. The Morgan fingerprint density at radius 2 is 1.89 bits per heavy atom. The van der Waals surface area contributed by atoms with E-state index in [4.69, 9.17) is 0 Å². The third-order valence-electron chi connectivity index (χ3n) is 7.35. The summed E-state index contributed by atoms with van der Waals surface area (Å²) in [7, 11) is 0. The lowest BCUT2D eigenvalue weighted by molar-refractivity contribution is -0.137. The summed E-state index contributed by atoms with van der Waals surface area (Å²) in [5, 5.41) is 21.8. The highest BCUT2D eigenvalue weighted by Crippen LogP contribution is 2.38. The van der Waals surface area contributed by atoms with Gasteiger partial charge < -0.3 is 14.6 Å². The number of hydrogen-bond acceptors (Lipinski definition) is 7. The maximum atomic E-state index is 13.0. The lowest BCUT2D eigenvalue weighted by Crippen LogP contribution is -2.47. The number of carbonyl (C=O) groups excluding carboxylic acids is 1. The first-order valence-corrected chi connectivity index (χ1v) is 12.7. The Morgan fingerprint density at radius 3 is 2.47 bits per heavy atom. The molecule has 3 heterocycles. The summed E-state index contributed by atoms with van der Waals surface area (Å²) >= 11 is 0. The predicted molar refractivity (Wildman–Crippen MR) is 134 cm³/mol. The van der Waals surface area contributed by atoms with Gasteiger partial charge in [-0.15, -0.1) is 0 Å². The number of piperidine rings is 1. The molecule has 0 unspecified atom stereocenters. The van der Waals surface area contributed by atoms with Crippen molar-refractivity contribution in [3.63, 3.8) is 0 Å². The monoisotopic (exact) mass is 526 g/mol. The first-order valence-electron chi connectivity index (χ1n) is 12.7. The van der Waals surface area contributed by atoms with Crippen LogP contribution in [-0.2, 0) is 24.1 Å². The van der Waals surface area contributed by atoms with E-state index in [1.54, 1.807) is 17.7 Å². The standard InChI is InChI=1S/C27H29F3N6O2/c1-18(37)13-34-10-8-26(38,9-11-34)16-35-15-20(12-31)23-24(35)32-17-33-25(23)36(22-6-7-22)14-19-2-4-21(5-3-19)27(28,29)30/h2-5,15,17,22,38H,6-11,13-14,16H2,1H3. The molecule has 200 valence electrons. The van der Waals surface area contributed by atoms with E-state index < -0.39 is 17.3 Å². The van der Waals surface area contributed by atoms with Crippen LogP contribution in [0.1, 0.15) is 49.3 Å². The van der Waals surface area contributed by atoms with E-state index in [0.717, 1.165) is 25.0 Å². The summed E-state index contributed by atoms with van der Waals surface area (Å²) in [4.78, 5) is 24.5. The number of rotatable bonds is 8. The van der Waals surface area contributed by atoms with Crippen LogP contribution in [0.5, 0.6) is 0 Å². The van der Waals surface area contributed by atoms with Crippen molar-refractivity contribution in [2.24, 2.45) is 0 Å². The van der Waals surface area contributed by atoms with Crippen LogP contribution in [0.25, 0.3) is 11.0 Å². The molecule has 1 aliphatic heterocycles. The molecule has 1 aromatic carbocycles. The molecule has 0 spiro atoms. The molecule has 1 aliphatic carbocycles. The Hall–Kier alpha value is -3.49. The van der Waals surface area contributed by atoms with E-state index in [9.17, 15) is 28.3 Å². The molecule has 2 aromatic heterocycles. The largest absolute Gasteiger partial charge is 0.416 e. The number of aliphatic hydroxyl groups is 1. The summed E-state index contributed by atoms with van der Waals surface area (Å²) in [5.74, 6) is 0.655. The average Bonchev–Trinajstić information content (AvgIpc) is 3.65. The van der Waals surface area contributed by atoms with Crippen LogP contribution >= 0.6 is 0 Å². The van der Waals surface area contributed by atoms with E-state index in [0.29, 0.717) is 67.0 Å². The molecule has 38 heavy (non-hydrogen) atoms. The number of aromatic nitrogens is 3. The molecule has 1 saturated heterocycles. The minimum absolute atomic E-state index is 0.0891. The van der Waals surface area contributed by atoms with Crippen LogP contribution in [0.4, 0.5) is 19.0 Å². The van der Waals surface area contributed by atoms with Crippen molar-refractivity contribution in [1.82, 2.24) is 19.4 Å². The van der Waals surface area contributed by atoms with Gasteiger partial charge in [0.15, 0.2) is 0 Å². The van der Waals surface area contributed by atoms with Gasteiger partial charge in [-0.2, -0.15) is 18.4 Å². The van der Waals surface area contributed by atoms with Crippen molar-refractivity contribution in [3.8, 4) is 6.07 Å². The van der Waals surface area contributed by atoms with Gasteiger partial charge in [0.05, 0.1) is 35.2 Å². The lowest BCUT2D eigenvalue weighted by Gasteiger charge is -2.38. The van der Waals surface area contributed by atoms with Crippen LogP contribution in [-0.4, -0.2) is 61.6 Å². The Balaban J connectivity index is 1.43. The summed E-state index contributed by atoms with van der Waals surface area (Å²) in [6, 6.07) is 7.50. The van der Waals surface area contributed by atoms with Gasteiger partial charge in [0.1, 0.15) is 29.6 Å². The molecule has 2 fully saturated rings. The predicted octanol–water partition coefficient (Wildman–Crippen LogP) is 3.91. The molecule has 0 atom stereocenters. The average molecular weight is 527 g/mol. The van der Waals surface area contributed by atoms with Crippen LogP contribution in [0.3, 0.4) is 0 Å². The van der Waals surface area contributed by atoms with Gasteiger partial charge in [-0.3, -0.25) is 9.69 Å². The number of likely N-dealkylation sites (tertiary alicyclic amines) is 1. The molecular weight excluding hydrogens is 497 g/mol. The molecule has 1 saturated carbocycles. The highest BCUT2D eigenvalue weighted by molar-refractivity contribution is 5.93. The molecule has 11 heteroatoms. The second kappa shape index (κ2) is 10.0. The van der Waals surface area contributed by atoms with Gasteiger partial charge in [-0.25, -0.2) is 9.97 Å². The number of Topliss-reactive ketones (excluding diaryl/α,β-unsaturated/α-hetero) is 1. The number of fused-ring (bicyclic) bond motifs is 1. The molecule has 1 N–H and O–H groups in total. The topological polar surface area (TPSA) is 98.3 Å². The SMILES string of the molecule is CC(=O)CN1CCC(O)(Cn2cc(C#N)c3c(N(Cc4ccc(C(F)(F)F)cc4)C4CC4)ncnc32)CC1. The lowest BCUT2D eigenvalue weighted by atomic mass is 9.91. The number of anilines is 1. The van der Waals surface area contributed by atoms with Crippen molar-refractivity contribution in [1.29, 1.82) is 5.26 Å². The fourth-order valence-electron chi connectivity index (χ4n) is 5.21. The third kappa shape index (κ3) is 5.51. The molecule has 2 aliphatic rings. The number of carbonyl (C=O) groups is 1. The van der Waals surface area contributed by atoms with Crippen LogP contribution in [0.2, 0.25) is 0 Å². The quantitative estimate of drug-likeness (QED) is 0.475. The Morgan fingerprint density at radius 1 is 1.21 bits per heavy atom. The second-order valence-corrected chi connectivity index (χ2v) is 10.4. The van der Waals surface area contributed by atoms with E-state index >= 15 is 0 Å². The van der Waals surface area contributed by atoms with Gasteiger partial charge in [0.2, 0.25) is 0 Å². The first kappa shape index (κ1) is 26.1. The highest BCUT2D eigenvalue weighted by Gasteiger charge is 2.36. The number of nitriles is 1. The van der Waals surface area contributed by atoms with Crippen molar-refractivity contribution in [2.75, 3.05) is 24.5 Å². The number of ketones is 1. The van der Waals surface area contributed by atoms with E-state index in [1.165, 1.54) is 18.5 Å². The van der Waals surface area contributed by atoms with E-state index in [1.807, 2.05) is 9.80 Å². The molecule has 3 aromatic rings. The maximum Gasteiger partial charge on any atom is 0.416 e. The zero-order valence-electron chi connectivity index (χ0n) is 21.1. The van der Waals surface area contributed by atoms with E-state index in [-0.39, 0.29) is 18.4 Å². The molecule has 5 rings (SSSR count). The van der Waals surface area contributed by atoms with Crippen molar-refractivity contribution in [3.05, 3.63) is 53.5 Å². The van der Waals surface area contributed by atoms with Gasteiger partial charge in [0, 0.05) is 31.9 Å². The molecular formula is C27H29F3N6O2. The number of halogens is 3. The molecule has 0 bridgehead atoms. The van der Waals surface area contributed by atoms with Gasteiger partial charge in [0.25, 0.3) is 0 Å². The van der Waals surface area contributed by atoms with Gasteiger partial charge >= 0.3 is 6.18 Å². The first-order chi connectivity index (χ1) is 18.1. The smallest absolute Gasteiger partial charge is 0.388 e. The Bertz CT molecular complexity index is 1370. The second-order valence-electron chi connectivity index (χ2n) is 10.4. The summed E-state index contributed by atoms with van der Waals surface area (Å²) < 4.78 is 40.8. The minimum atomic E-state index is -4.40. The Kier molecular flexibility index (Phi) is 6.88. The minimum Gasteiger partial charge on any atom is -0.388 e. The number of hydrogen-bond donors (Lipinski definition) is 1. The van der Waals surface area contributed by atoms with Crippen LogP contribution < -0.4 is 4.90 Å². The highest BCUT2D eigenvalue weighted by atomic mass is 19.4. The number of alkyl halides is 3. The maximum absolute atomic E-state index is 13.0. The fourth-order valence-corrected chi connectivity index (χ4v) is 5.21. The fraction of sp³-hybridized carbons (Fsp3) is 0.481. The zero-order valence-corrected chi connectivity index (χ0v) is 21.1. The zero-order chi connectivity index (χ0) is 27.1. The van der Waals surface area contributed by atoms with Crippen LogP contribution in [0.15, 0.2) is 36.8 Å². The summed E-state index contributed by atoms with van der Waals surface area (Å²) in [5.41, 5.74) is -0.0812. The summed E-state index contributed by atoms with van der Waals surface area (Å²) in [6.07, 6.45) is 1.54.